The molecule has 0 unspecified atom stereocenters. The second-order valence-electron chi connectivity index (χ2n) is 4.25. The van der Waals surface area contributed by atoms with Crippen molar-refractivity contribution < 1.29 is 0 Å². The van der Waals surface area contributed by atoms with Crippen LogP contribution in [0.25, 0.3) is 10.2 Å². The largest absolute Gasteiger partial charge is 0.264 e. The number of aromatic nitrogens is 3. The van der Waals surface area contributed by atoms with E-state index in [1.54, 1.807) is 30.1 Å². The summed E-state index contributed by atoms with van der Waals surface area (Å²) in [7, 11) is 0. The Morgan fingerprint density at radius 2 is 2.25 bits per heavy atom. The summed E-state index contributed by atoms with van der Waals surface area (Å²) in [5.74, 6) is 0.642. The first-order chi connectivity index (χ1) is 9.88. The molecule has 0 aliphatic rings. The van der Waals surface area contributed by atoms with E-state index in [2.05, 4.69) is 37.5 Å². The van der Waals surface area contributed by atoms with Crippen LogP contribution in [0, 0.1) is 0 Å². The lowest BCUT2D eigenvalue weighted by Crippen LogP contribution is -1.83. The van der Waals surface area contributed by atoms with E-state index in [9.17, 15) is 0 Å². The Kier molecular flexibility index (Phi) is 3.73. The smallest absolute Gasteiger partial charge is 0.195 e. The third-order valence-corrected chi connectivity index (χ3v) is 3.94. The number of thiophene rings is 1. The highest BCUT2D eigenvalue weighted by atomic mass is 32.1. The van der Waals surface area contributed by atoms with Crippen LogP contribution in [0.3, 0.4) is 0 Å². The van der Waals surface area contributed by atoms with Gasteiger partial charge in [-0.2, -0.15) is 5.11 Å². The number of rotatable bonds is 4. The fourth-order valence-corrected chi connectivity index (χ4v) is 2.92. The molecule has 6 heteroatoms. The van der Waals surface area contributed by atoms with Gasteiger partial charge in [-0.05, 0) is 29.0 Å². The van der Waals surface area contributed by atoms with E-state index < -0.39 is 0 Å². The highest BCUT2D eigenvalue weighted by Crippen LogP contribution is 2.31. The lowest BCUT2D eigenvalue weighted by molar-refractivity contribution is 0.939. The van der Waals surface area contributed by atoms with Gasteiger partial charge >= 0.3 is 0 Å². The summed E-state index contributed by atoms with van der Waals surface area (Å²) in [6.07, 6.45) is 6.04. The molecular formula is C14H13N5S. The minimum Gasteiger partial charge on any atom is -0.264 e. The molecular weight excluding hydrogens is 270 g/mol. The molecule has 0 N–H and O–H groups in total. The average molecular weight is 283 g/mol. The molecule has 0 amide bonds. The van der Waals surface area contributed by atoms with Gasteiger partial charge in [-0.25, -0.2) is 9.97 Å². The Morgan fingerprint density at radius 3 is 3.05 bits per heavy atom. The number of pyridine rings is 1. The predicted octanol–water partition coefficient (Wildman–Crippen LogP) is 3.93. The second kappa shape index (κ2) is 5.83. The third kappa shape index (κ3) is 2.55. The van der Waals surface area contributed by atoms with Gasteiger partial charge in [-0.1, -0.05) is 13.0 Å². The van der Waals surface area contributed by atoms with Gasteiger partial charge in [0.2, 0.25) is 0 Å². The Bertz CT molecular complexity index is 736. The first-order valence-electron chi connectivity index (χ1n) is 6.36. The zero-order valence-corrected chi connectivity index (χ0v) is 11.8. The molecule has 0 fully saturated rings. The summed E-state index contributed by atoms with van der Waals surface area (Å²) >= 11 is 1.62. The highest BCUT2D eigenvalue weighted by molar-refractivity contribution is 7.17. The summed E-state index contributed by atoms with van der Waals surface area (Å²) in [6, 6.07) is 3.86. The maximum absolute atomic E-state index is 4.33. The molecule has 0 spiro atoms. The van der Waals surface area contributed by atoms with Crippen molar-refractivity contribution in [3.05, 3.63) is 47.4 Å². The number of azo groups is 1. The molecule has 0 bridgehead atoms. The summed E-state index contributed by atoms with van der Waals surface area (Å²) in [6.45, 7) is 2.62. The number of nitrogens with zero attached hydrogens (tertiary/aromatic N) is 5. The van der Waals surface area contributed by atoms with Crippen molar-refractivity contribution in [3.8, 4) is 0 Å². The maximum Gasteiger partial charge on any atom is 0.195 e. The summed E-state index contributed by atoms with van der Waals surface area (Å²) in [5.41, 5.74) is 3.25. The van der Waals surface area contributed by atoms with E-state index in [1.807, 2.05) is 12.1 Å². The van der Waals surface area contributed by atoms with Crippen LogP contribution in [0.15, 0.2) is 46.5 Å². The Morgan fingerprint density at radius 1 is 1.30 bits per heavy atom. The first-order valence-corrected chi connectivity index (χ1v) is 7.24. The van der Waals surface area contributed by atoms with Crippen LogP contribution in [0.1, 0.15) is 18.1 Å². The van der Waals surface area contributed by atoms with Crippen molar-refractivity contribution in [1.29, 1.82) is 0 Å². The molecule has 0 saturated carbocycles. The van der Waals surface area contributed by atoms with Crippen LogP contribution < -0.4 is 0 Å². The second-order valence-corrected chi connectivity index (χ2v) is 5.13. The quantitative estimate of drug-likeness (QED) is 0.681. The average Bonchev–Trinajstić information content (AvgIpc) is 2.92. The van der Waals surface area contributed by atoms with Gasteiger partial charge in [0.15, 0.2) is 5.82 Å². The molecule has 3 heterocycles. The fraction of sp³-hybridized carbons (Fsp3) is 0.214. The van der Waals surface area contributed by atoms with Crippen molar-refractivity contribution in [3.63, 3.8) is 0 Å². The Labute approximate surface area is 120 Å². The topological polar surface area (TPSA) is 63.4 Å². The minimum absolute atomic E-state index is 0.505. The monoisotopic (exact) mass is 283 g/mol. The van der Waals surface area contributed by atoms with Crippen LogP contribution in [0.4, 0.5) is 5.82 Å². The van der Waals surface area contributed by atoms with Crippen molar-refractivity contribution in [2.45, 2.75) is 19.9 Å². The zero-order chi connectivity index (χ0) is 13.8. The fourth-order valence-electron chi connectivity index (χ4n) is 1.89. The molecule has 0 atom stereocenters. The molecule has 3 rings (SSSR count). The summed E-state index contributed by atoms with van der Waals surface area (Å²) < 4.78 is 0.999. The van der Waals surface area contributed by atoms with E-state index in [1.165, 1.54) is 5.56 Å². The summed E-state index contributed by atoms with van der Waals surface area (Å²) in [5, 5.41) is 10.5. The van der Waals surface area contributed by atoms with Crippen LogP contribution in [0.5, 0.6) is 0 Å². The molecule has 0 aliphatic carbocycles. The van der Waals surface area contributed by atoms with Crippen LogP contribution in [-0.2, 0) is 13.0 Å². The molecule has 20 heavy (non-hydrogen) atoms. The number of hydrogen-bond donors (Lipinski definition) is 0. The van der Waals surface area contributed by atoms with Gasteiger partial charge in [0.25, 0.3) is 0 Å². The van der Waals surface area contributed by atoms with Crippen LogP contribution in [-0.4, -0.2) is 15.0 Å². The van der Waals surface area contributed by atoms with E-state index in [-0.39, 0.29) is 0 Å². The molecule has 100 valence electrons. The van der Waals surface area contributed by atoms with Gasteiger partial charge in [-0.15, -0.1) is 16.5 Å². The van der Waals surface area contributed by atoms with Crippen molar-refractivity contribution in [2.24, 2.45) is 10.2 Å². The van der Waals surface area contributed by atoms with Gasteiger partial charge < -0.3 is 0 Å². The molecule has 3 aromatic heterocycles. The van der Waals surface area contributed by atoms with Crippen LogP contribution >= 0.6 is 11.3 Å². The number of fused-ring (bicyclic) bond motifs is 1. The van der Waals surface area contributed by atoms with E-state index in [0.717, 1.165) is 22.2 Å². The van der Waals surface area contributed by atoms with Gasteiger partial charge in [0.1, 0.15) is 6.33 Å². The predicted molar refractivity (Wildman–Crippen MR) is 79.3 cm³/mol. The van der Waals surface area contributed by atoms with Gasteiger partial charge in [0.05, 0.1) is 16.8 Å². The molecule has 5 nitrogen and oxygen atoms in total. The first kappa shape index (κ1) is 12.8. The Hall–Kier alpha value is -2.21. The SMILES string of the molecule is CCc1csc2c(N=NCc3cccnc3)ncnc12. The van der Waals surface area contributed by atoms with E-state index in [4.69, 9.17) is 0 Å². The maximum atomic E-state index is 4.33. The normalized spacial score (nSPS) is 11.4. The lowest BCUT2D eigenvalue weighted by Gasteiger charge is -1.96. The molecule has 0 aromatic carbocycles. The van der Waals surface area contributed by atoms with Gasteiger partial charge in [-0.3, -0.25) is 4.98 Å². The van der Waals surface area contributed by atoms with Crippen molar-refractivity contribution in [1.82, 2.24) is 15.0 Å². The Balaban J connectivity index is 1.86. The molecule has 0 radical (unpaired) electrons. The minimum atomic E-state index is 0.505. The lowest BCUT2D eigenvalue weighted by atomic mass is 10.2. The van der Waals surface area contributed by atoms with Crippen LogP contribution in [0.2, 0.25) is 0 Å². The van der Waals surface area contributed by atoms with Crippen molar-refractivity contribution >= 4 is 27.4 Å². The van der Waals surface area contributed by atoms with E-state index in [0.29, 0.717) is 12.4 Å². The molecule has 0 saturated heterocycles. The molecule has 3 aromatic rings. The number of hydrogen-bond acceptors (Lipinski definition) is 6. The standard InChI is InChI=1S/C14H13N5S/c1-2-11-8-20-13-12(11)16-9-17-14(13)19-18-7-10-4-3-5-15-6-10/h3-6,8-9H,2,7H2,1H3. The third-order valence-electron chi connectivity index (χ3n) is 2.93. The molecule has 0 aliphatic heterocycles. The van der Waals surface area contributed by atoms with Gasteiger partial charge in [0, 0.05) is 12.4 Å². The van der Waals surface area contributed by atoms with E-state index >= 15 is 0 Å². The highest BCUT2D eigenvalue weighted by Gasteiger charge is 2.08. The van der Waals surface area contributed by atoms with Crippen molar-refractivity contribution in [2.75, 3.05) is 0 Å². The summed E-state index contributed by atoms with van der Waals surface area (Å²) in [4.78, 5) is 12.6. The number of aryl methyl sites for hydroxylation is 1. The zero-order valence-electron chi connectivity index (χ0n) is 11.0.